The number of nitrogens with zero attached hydrogens (tertiary/aromatic N) is 1. The minimum absolute atomic E-state index is 0.0850. The van der Waals surface area contributed by atoms with E-state index in [0.29, 0.717) is 11.3 Å². The molecule has 0 unspecified atom stereocenters. The number of carbonyl (C=O) groups is 1. The third-order valence-electron chi connectivity index (χ3n) is 4.69. The van der Waals surface area contributed by atoms with Gasteiger partial charge in [0.1, 0.15) is 5.82 Å². The van der Waals surface area contributed by atoms with Crippen LogP contribution in [0.4, 0.5) is 10.1 Å². The van der Waals surface area contributed by atoms with E-state index in [1.807, 2.05) is 20.8 Å². The maximum absolute atomic E-state index is 14.4. The van der Waals surface area contributed by atoms with Crippen LogP contribution in [-0.4, -0.2) is 19.3 Å². The first-order valence-corrected chi connectivity index (χ1v) is 11.1. The molecular weight excluding hydrogens is 417 g/mol. The number of amides is 1. The lowest BCUT2D eigenvalue weighted by Gasteiger charge is -2.19. The van der Waals surface area contributed by atoms with Gasteiger partial charge >= 0.3 is 0 Å². The number of hydrogen-bond acceptors (Lipinski definition) is 4. The van der Waals surface area contributed by atoms with E-state index in [2.05, 4.69) is 15.0 Å². The lowest BCUT2D eigenvalue weighted by Crippen LogP contribution is -2.23. The molecule has 0 atom stereocenters. The molecule has 1 aromatic heterocycles. The minimum Gasteiger partial charge on any atom is -0.320 e. The molecule has 2 aromatic carbocycles. The third kappa shape index (κ3) is 5.74. The Hall–Kier alpha value is -3.10. The summed E-state index contributed by atoms with van der Waals surface area (Å²) in [6, 6.07) is 13.9. The molecule has 1 heterocycles. The van der Waals surface area contributed by atoms with Crippen LogP contribution >= 0.6 is 0 Å². The van der Waals surface area contributed by atoms with Crippen LogP contribution in [0.3, 0.4) is 0 Å². The van der Waals surface area contributed by atoms with Gasteiger partial charge in [-0.05, 0) is 52.9 Å². The number of carbonyl (C=O) groups excluding carboxylic acids is 1. The molecule has 3 rings (SSSR count). The number of pyridine rings is 1. The number of hydrogen-bond donors (Lipinski definition) is 2. The number of anilines is 1. The normalized spacial score (nSPS) is 11.9. The van der Waals surface area contributed by atoms with Crippen LogP contribution in [0.1, 0.15) is 42.3 Å². The Morgan fingerprint density at radius 1 is 1.06 bits per heavy atom. The second kappa shape index (κ2) is 8.95. The zero-order chi connectivity index (χ0) is 22.6. The summed E-state index contributed by atoms with van der Waals surface area (Å²) in [6.45, 7) is 6.03. The summed E-state index contributed by atoms with van der Waals surface area (Å²) in [5, 5.41) is 2.56. The molecule has 0 saturated carbocycles. The van der Waals surface area contributed by atoms with Crippen LogP contribution in [-0.2, 0) is 22.0 Å². The van der Waals surface area contributed by atoms with Gasteiger partial charge < -0.3 is 5.32 Å². The molecule has 0 aliphatic rings. The summed E-state index contributed by atoms with van der Waals surface area (Å²) in [5.41, 5.74) is 1.63. The highest BCUT2D eigenvalue weighted by molar-refractivity contribution is 7.89. The van der Waals surface area contributed by atoms with Crippen LogP contribution in [0.2, 0.25) is 0 Å². The molecule has 31 heavy (non-hydrogen) atoms. The quantitative estimate of drug-likeness (QED) is 0.599. The van der Waals surface area contributed by atoms with Gasteiger partial charge in [-0.25, -0.2) is 17.5 Å². The summed E-state index contributed by atoms with van der Waals surface area (Å²) in [6.07, 6.45) is 3.01. The standard InChI is InChI=1S/C23H24FN3O3S/c1-23(2,3)17-7-9-19(10-8-17)31(29,30)26-14-16-6-11-20(21(24)13-16)22(28)27-18-5-4-12-25-15-18/h4-13,15,26H,14H2,1-3H3,(H,27,28). The molecule has 0 aliphatic carbocycles. The zero-order valence-electron chi connectivity index (χ0n) is 17.5. The highest BCUT2D eigenvalue weighted by Crippen LogP contribution is 2.23. The van der Waals surface area contributed by atoms with Gasteiger partial charge in [-0.1, -0.05) is 39.0 Å². The molecule has 0 saturated heterocycles. The zero-order valence-corrected chi connectivity index (χ0v) is 18.3. The van der Waals surface area contributed by atoms with Gasteiger partial charge in [0.2, 0.25) is 10.0 Å². The van der Waals surface area contributed by atoms with E-state index in [1.165, 1.54) is 18.3 Å². The van der Waals surface area contributed by atoms with Crippen molar-refractivity contribution < 1.29 is 17.6 Å². The van der Waals surface area contributed by atoms with Crippen LogP contribution in [0, 0.1) is 5.82 Å². The fourth-order valence-corrected chi connectivity index (χ4v) is 3.90. The Morgan fingerprint density at radius 3 is 2.35 bits per heavy atom. The van der Waals surface area contributed by atoms with Crippen molar-refractivity contribution >= 4 is 21.6 Å². The van der Waals surface area contributed by atoms with Crippen LogP contribution in [0.25, 0.3) is 0 Å². The molecule has 0 bridgehead atoms. The van der Waals surface area contributed by atoms with Gasteiger partial charge in [-0.15, -0.1) is 0 Å². The summed E-state index contributed by atoms with van der Waals surface area (Å²) in [4.78, 5) is 16.3. The van der Waals surface area contributed by atoms with E-state index < -0.39 is 21.7 Å². The molecule has 0 radical (unpaired) electrons. The molecule has 2 N–H and O–H groups in total. The van der Waals surface area contributed by atoms with Crippen molar-refractivity contribution in [2.75, 3.05) is 5.32 Å². The number of halogens is 1. The summed E-state index contributed by atoms with van der Waals surface area (Å²) in [5.74, 6) is -1.36. The largest absolute Gasteiger partial charge is 0.320 e. The minimum atomic E-state index is -3.76. The van der Waals surface area contributed by atoms with Gasteiger partial charge in [0.15, 0.2) is 0 Å². The first-order valence-electron chi connectivity index (χ1n) is 9.66. The van der Waals surface area contributed by atoms with Crippen molar-refractivity contribution in [1.82, 2.24) is 9.71 Å². The van der Waals surface area contributed by atoms with Gasteiger partial charge in [-0.2, -0.15) is 0 Å². The number of sulfonamides is 1. The van der Waals surface area contributed by atoms with Crippen molar-refractivity contribution in [2.24, 2.45) is 0 Å². The van der Waals surface area contributed by atoms with E-state index in [0.717, 1.165) is 11.6 Å². The number of benzene rings is 2. The van der Waals surface area contributed by atoms with Gasteiger partial charge in [0.25, 0.3) is 5.91 Å². The van der Waals surface area contributed by atoms with Crippen molar-refractivity contribution in [2.45, 2.75) is 37.6 Å². The van der Waals surface area contributed by atoms with Crippen LogP contribution in [0.5, 0.6) is 0 Å². The van der Waals surface area contributed by atoms with E-state index >= 15 is 0 Å². The monoisotopic (exact) mass is 441 g/mol. The fourth-order valence-electron chi connectivity index (χ4n) is 2.88. The fraction of sp³-hybridized carbons (Fsp3) is 0.217. The topological polar surface area (TPSA) is 88.2 Å². The highest BCUT2D eigenvalue weighted by atomic mass is 32.2. The molecule has 8 heteroatoms. The van der Waals surface area contributed by atoms with E-state index in [1.54, 1.807) is 42.6 Å². The summed E-state index contributed by atoms with van der Waals surface area (Å²) in [7, 11) is -3.76. The number of rotatable bonds is 6. The van der Waals surface area contributed by atoms with Crippen molar-refractivity contribution in [3.05, 3.63) is 89.5 Å². The Kier molecular flexibility index (Phi) is 6.52. The SMILES string of the molecule is CC(C)(C)c1ccc(S(=O)(=O)NCc2ccc(C(=O)Nc3cccnc3)c(F)c2)cc1. The summed E-state index contributed by atoms with van der Waals surface area (Å²) >= 11 is 0. The summed E-state index contributed by atoms with van der Waals surface area (Å²) < 4.78 is 42.0. The van der Waals surface area contributed by atoms with Crippen molar-refractivity contribution in [3.63, 3.8) is 0 Å². The number of aromatic nitrogens is 1. The Balaban J connectivity index is 1.67. The molecule has 0 aliphatic heterocycles. The van der Waals surface area contributed by atoms with Gasteiger partial charge in [0, 0.05) is 12.7 Å². The molecule has 162 valence electrons. The predicted molar refractivity (Wildman–Crippen MR) is 118 cm³/mol. The molecule has 0 spiro atoms. The first kappa shape index (κ1) is 22.6. The van der Waals surface area contributed by atoms with E-state index in [4.69, 9.17) is 0 Å². The lowest BCUT2D eigenvalue weighted by molar-refractivity contribution is 0.102. The first-order chi connectivity index (χ1) is 14.6. The lowest BCUT2D eigenvalue weighted by atomic mass is 9.87. The van der Waals surface area contributed by atoms with E-state index in [-0.39, 0.29) is 22.4 Å². The van der Waals surface area contributed by atoms with Crippen molar-refractivity contribution in [1.29, 1.82) is 0 Å². The average Bonchev–Trinajstić information content (AvgIpc) is 2.72. The highest BCUT2D eigenvalue weighted by Gasteiger charge is 2.18. The molecule has 1 amide bonds. The maximum Gasteiger partial charge on any atom is 0.258 e. The molecule has 3 aromatic rings. The van der Waals surface area contributed by atoms with E-state index in [9.17, 15) is 17.6 Å². The Bertz CT molecular complexity index is 1170. The maximum atomic E-state index is 14.4. The number of nitrogens with one attached hydrogen (secondary N) is 2. The molecular formula is C23H24FN3O3S. The Morgan fingerprint density at radius 2 is 1.77 bits per heavy atom. The van der Waals surface area contributed by atoms with Crippen LogP contribution in [0.15, 0.2) is 71.9 Å². The van der Waals surface area contributed by atoms with Gasteiger partial charge in [-0.3, -0.25) is 9.78 Å². The van der Waals surface area contributed by atoms with Gasteiger partial charge in [0.05, 0.1) is 22.3 Å². The Labute approximate surface area is 181 Å². The average molecular weight is 442 g/mol. The van der Waals surface area contributed by atoms with Crippen molar-refractivity contribution in [3.8, 4) is 0 Å². The van der Waals surface area contributed by atoms with Crippen LogP contribution < -0.4 is 10.0 Å². The second-order valence-corrected chi connectivity index (χ2v) is 9.88. The molecule has 6 nitrogen and oxygen atoms in total. The second-order valence-electron chi connectivity index (χ2n) is 8.11. The smallest absolute Gasteiger partial charge is 0.258 e. The predicted octanol–water partition coefficient (Wildman–Crippen LogP) is 4.25. The molecule has 0 fully saturated rings. The third-order valence-corrected chi connectivity index (χ3v) is 6.11.